The smallest absolute Gasteiger partial charge is 0.335 e. The van der Waals surface area contributed by atoms with Crippen LogP contribution >= 0.6 is 0 Å². The van der Waals surface area contributed by atoms with E-state index >= 15 is 0 Å². The number of hydrogen-bond acceptors (Lipinski definition) is 9. The normalized spacial score (nSPS) is 10.8. The zero-order chi connectivity index (χ0) is 48.7. The fourth-order valence-electron chi connectivity index (χ4n) is 6.83. The van der Waals surface area contributed by atoms with Gasteiger partial charge in [0.05, 0.1) is 18.8 Å². The molecular formula is C55H41F3N4O7. The topological polar surface area (TPSA) is 178 Å². The van der Waals surface area contributed by atoms with E-state index in [1.54, 1.807) is 109 Å². The van der Waals surface area contributed by atoms with Crippen molar-refractivity contribution in [2.75, 3.05) is 0 Å². The molecule has 9 aromatic rings. The summed E-state index contributed by atoms with van der Waals surface area (Å²) in [7, 11) is 0. The molecule has 11 nitrogen and oxygen atoms in total. The predicted molar refractivity (Wildman–Crippen MR) is 255 cm³/mol. The number of aliphatic hydroxyl groups excluding tert-OH is 2. The van der Waals surface area contributed by atoms with Gasteiger partial charge in [0.2, 0.25) is 5.82 Å². The molecule has 69 heavy (non-hydrogen) atoms. The van der Waals surface area contributed by atoms with Gasteiger partial charge in [0.25, 0.3) is 11.8 Å². The molecule has 0 saturated carbocycles. The van der Waals surface area contributed by atoms with Gasteiger partial charge in [-0.2, -0.15) is 4.98 Å². The monoisotopic (exact) mass is 926 g/mol. The highest BCUT2D eigenvalue weighted by molar-refractivity contribution is 6.12. The number of benzene rings is 8. The third kappa shape index (κ3) is 12.3. The molecule has 14 heteroatoms. The highest BCUT2D eigenvalue weighted by Crippen LogP contribution is 2.29. The van der Waals surface area contributed by atoms with Crippen LogP contribution in [0.25, 0.3) is 56.2 Å². The van der Waals surface area contributed by atoms with E-state index in [-0.39, 0.29) is 41.9 Å². The number of carboxylic acid groups (broad SMARTS) is 1. The van der Waals surface area contributed by atoms with Gasteiger partial charge in [-0.1, -0.05) is 168 Å². The number of amides is 1. The Morgan fingerprint density at radius 3 is 1.38 bits per heavy atom. The molecule has 1 heterocycles. The van der Waals surface area contributed by atoms with Crippen LogP contribution in [0, 0.1) is 17.5 Å². The van der Waals surface area contributed by atoms with Crippen LogP contribution in [0.1, 0.15) is 37.4 Å². The summed E-state index contributed by atoms with van der Waals surface area (Å²) < 4.78 is 47.9. The average molecular weight is 927 g/mol. The highest BCUT2D eigenvalue weighted by atomic mass is 19.1. The van der Waals surface area contributed by atoms with Gasteiger partial charge < -0.3 is 30.4 Å². The molecule has 344 valence electrons. The second-order valence-corrected chi connectivity index (χ2v) is 15.0. The van der Waals surface area contributed by atoms with Gasteiger partial charge in [-0.3, -0.25) is 4.79 Å². The van der Waals surface area contributed by atoms with Crippen molar-refractivity contribution in [2.45, 2.75) is 13.2 Å². The molecule has 0 atom stereocenters. The van der Waals surface area contributed by atoms with Crippen LogP contribution in [-0.4, -0.2) is 48.4 Å². The van der Waals surface area contributed by atoms with Gasteiger partial charge in [-0.15, -0.1) is 0 Å². The lowest BCUT2D eigenvalue weighted by molar-refractivity contribution is 0.0696. The van der Waals surface area contributed by atoms with Gasteiger partial charge in [0, 0.05) is 38.9 Å². The van der Waals surface area contributed by atoms with E-state index in [9.17, 15) is 28.0 Å². The van der Waals surface area contributed by atoms with E-state index < -0.39 is 23.5 Å². The number of rotatable bonds is 10. The van der Waals surface area contributed by atoms with Crippen LogP contribution in [0.15, 0.2) is 204 Å². The molecule has 0 aliphatic heterocycles. The Hall–Kier alpha value is -8.98. The lowest BCUT2D eigenvalue weighted by Gasteiger charge is -2.09. The van der Waals surface area contributed by atoms with E-state index in [2.05, 4.69) is 20.6 Å². The van der Waals surface area contributed by atoms with Gasteiger partial charge >= 0.3 is 5.97 Å². The Labute approximate surface area is 393 Å². The number of carbonyl (C=O) groups is 2. The highest BCUT2D eigenvalue weighted by Gasteiger charge is 2.16. The maximum atomic E-state index is 14.5. The van der Waals surface area contributed by atoms with Crippen molar-refractivity contribution in [1.29, 1.82) is 0 Å². The number of nitrogens with one attached hydrogen (secondary N) is 1. The predicted octanol–water partition coefficient (Wildman–Crippen LogP) is 11.4. The van der Waals surface area contributed by atoms with E-state index in [4.69, 9.17) is 19.8 Å². The number of aliphatic hydroxyl groups is 2. The Morgan fingerprint density at radius 1 is 0.507 bits per heavy atom. The third-order valence-corrected chi connectivity index (χ3v) is 10.5. The standard InChI is InChI=1S/C21H17FN2O3.C21H15FN2O2.C13H9FO2/c22-19-12-17(10-11-18(19)15-4-2-1-3-5-15)21(26)23-20(24-27)16-8-6-14(13-25)7-9-16;22-19-12-17(10-11-18(19)15-4-2-1-3-5-15)21-23-20(24-26-21)16-8-6-14(13-25)7-9-16;14-12-8-10(13(15)16)6-7-11(12)9-4-2-1-3-5-9/h1-12,25,27H,13H2,(H,23,24,26);1-12,25H,13H2;1-8H,(H,15,16). The zero-order valence-electron chi connectivity index (χ0n) is 36.4. The summed E-state index contributed by atoms with van der Waals surface area (Å²) in [6.45, 7) is -0.143. The van der Waals surface area contributed by atoms with Crippen molar-refractivity contribution in [3.8, 4) is 56.2 Å². The summed E-state index contributed by atoms with van der Waals surface area (Å²) in [4.78, 5) is 27.4. The number of carbonyl (C=O) groups excluding carboxylic acids is 1. The Morgan fingerprint density at radius 2 is 0.928 bits per heavy atom. The molecule has 0 bridgehead atoms. The van der Waals surface area contributed by atoms with E-state index in [0.717, 1.165) is 34.4 Å². The molecule has 8 aromatic carbocycles. The molecule has 5 N–H and O–H groups in total. The Bertz CT molecular complexity index is 3190. The average Bonchev–Trinajstić information content (AvgIpc) is 3.90. The van der Waals surface area contributed by atoms with Crippen LogP contribution in [0.2, 0.25) is 0 Å². The van der Waals surface area contributed by atoms with Crippen molar-refractivity contribution in [1.82, 2.24) is 15.5 Å². The number of aromatic nitrogens is 2. The molecule has 0 aliphatic carbocycles. The maximum absolute atomic E-state index is 14.5. The summed E-state index contributed by atoms with van der Waals surface area (Å²) in [6, 6.07) is 54.0. The Kier molecular flexibility index (Phi) is 16.0. The number of oxime groups is 1. The first-order chi connectivity index (χ1) is 33.5. The molecular weight excluding hydrogens is 886 g/mol. The SMILES string of the molecule is O=C(N/C(=N/O)c1ccc(CO)cc1)c1ccc(-c2ccccc2)c(F)c1.O=C(O)c1ccc(-c2ccccc2)c(F)c1.OCc1ccc(-c2noc(-c3ccc(-c4ccccc4)c(F)c3)n2)cc1. The van der Waals surface area contributed by atoms with E-state index in [1.807, 2.05) is 42.5 Å². The third-order valence-electron chi connectivity index (χ3n) is 10.5. The van der Waals surface area contributed by atoms with Gasteiger partial charge in [-0.25, -0.2) is 18.0 Å². The fraction of sp³-hybridized carbons (Fsp3) is 0.0364. The molecule has 0 unspecified atom stereocenters. The number of amidine groups is 1. The summed E-state index contributed by atoms with van der Waals surface area (Å²) in [6.07, 6.45) is 0. The van der Waals surface area contributed by atoms with E-state index in [0.29, 0.717) is 44.8 Å². The largest absolute Gasteiger partial charge is 0.478 e. The summed E-state index contributed by atoms with van der Waals surface area (Å²) >= 11 is 0. The van der Waals surface area contributed by atoms with Gasteiger partial charge in [0.15, 0.2) is 5.84 Å². The first kappa shape index (κ1) is 48.0. The molecule has 9 rings (SSSR count). The first-order valence-corrected chi connectivity index (χ1v) is 21.1. The molecule has 1 amide bonds. The number of hydrogen-bond donors (Lipinski definition) is 5. The fourth-order valence-corrected chi connectivity index (χ4v) is 6.83. The van der Waals surface area contributed by atoms with Crippen LogP contribution in [-0.2, 0) is 13.2 Å². The van der Waals surface area contributed by atoms with Crippen molar-refractivity contribution < 1.29 is 47.8 Å². The number of nitrogens with zero attached hydrogens (tertiary/aromatic N) is 3. The lowest BCUT2D eigenvalue weighted by Crippen LogP contribution is -2.31. The number of aromatic carboxylic acids is 1. The van der Waals surface area contributed by atoms with Crippen molar-refractivity contribution in [3.05, 3.63) is 239 Å². The second-order valence-electron chi connectivity index (χ2n) is 15.0. The molecule has 1 aromatic heterocycles. The van der Waals surface area contributed by atoms with Crippen molar-refractivity contribution >= 4 is 17.7 Å². The first-order valence-electron chi connectivity index (χ1n) is 21.1. The molecule has 0 saturated heterocycles. The maximum Gasteiger partial charge on any atom is 0.335 e. The van der Waals surface area contributed by atoms with Crippen molar-refractivity contribution in [2.24, 2.45) is 5.16 Å². The van der Waals surface area contributed by atoms with Crippen LogP contribution < -0.4 is 5.32 Å². The molecule has 0 radical (unpaired) electrons. The molecule has 0 fully saturated rings. The van der Waals surface area contributed by atoms with Crippen LogP contribution in [0.5, 0.6) is 0 Å². The van der Waals surface area contributed by atoms with Crippen molar-refractivity contribution in [3.63, 3.8) is 0 Å². The van der Waals surface area contributed by atoms with Gasteiger partial charge in [0.1, 0.15) is 17.5 Å². The summed E-state index contributed by atoms with van der Waals surface area (Å²) in [5.74, 6) is -2.53. The number of halogens is 3. The van der Waals surface area contributed by atoms with E-state index in [1.165, 1.54) is 30.3 Å². The zero-order valence-corrected chi connectivity index (χ0v) is 36.4. The summed E-state index contributed by atoms with van der Waals surface area (Å²) in [5, 5.41) is 45.6. The molecule has 0 spiro atoms. The number of carboxylic acids is 1. The minimum Gasteiger partial charge on any atom is -0.478 e. The minimum atomic E-state index is -1.13. The quantitative estimate of drug-likeness (QED) is 0.0386. The van der Waals surface area contributed by atoms with Crippen LogP contribution in [0.3, 0.4) is 0 Å². The lowest BCUT2D eigenvalue weighted by atomic mass is 10.0. The van der Waals surface area contributed by atoms with Crippen LogP contribution in [0.4, 0.5) is 13.2 Å². The van der Waals surface area contributed by atoms with Gasteiger partial charge in [-0.05, 0) is 64.2 Å². The minimum absolute atomic E-state index is 0.0230. The Balaban J connectivity index is 0.000000158. The summed E-state index contributed by atoms with van der Waals surface area (Å²) in [5.41, 5.74) is 6.85. The molecule has 0 aliphatic rings. The second kappa shape index (κ2) is 23.0.